The van der Waals surface area contributed by atoms with Gasteiger partial charge in [0.1, 0.15) is 18.1 Å². The third-order valence-electron chi connectivity index (χ3n) is 3.04. The van der Waals surface area contributed by atoms with Gasteiger partial charge in [0, 0.05) is 10.9 Å². The molecule has 0 radical (unpaired) electrons. The highest BCUT2D eigenvalue weighted by atomic mass is 16.5. The quantitative estimate of drug-likeness (QED) is 0.631. The first-order valence-corrected chi connectivity index (χ1v) is 7.02. The van der Waals surface area contributed by atoms with Gasteiger partial charge in [-0.05, 0) is 25.1 Å². The van der Waals surface area contributed by atoms with Crippen LogP contribution in [0.15, 0.2) is 30.9 Å². The fourth-order valence-corrected chi connectivity index (χ4v) is 2.06. The van der Waals surface area contributed by atoms with Crippen LogP contribution in [0.25, 0.3) is 10.9 Å². The van der Waals surface area contributed by atoms with Crippen molar-refractivity contribution >= 4 is 28.7 Å². The first-order valence-electron chi connectivity index (χ1n) is 7.02. The molecule has 1 amide bonds. The van der Waals surface area contributed by atoms with Crippen molar-refractivity contribution in [2.75, 3.05) is 25.6 Å². The summed E-state index contributed by atoms with van der Waals surface area (Å²) < 4.78 is 15.1. The Balaban J connectivity index is 2.46. The summed E-state index contributed by atoms with van der Waals surface area (Å²) in [6, 6.07) is 5.20. The summed E-state index contributed by atoms with van der Waals surface area (Å²) in [5, 5.41) is 3.18. The van der Waals surface area contributed by atoms with Crippen LogP contribution in [0.2, 0.25) is 0 Å². The minimum atomic E-state index is -0.695. The summed E-state index contributed by atoms with van der Waals surface area (Å²) in [6.45, 7) is 5.46. The lowest BCUT2D eigenvalue weighted by Crippen LogP contribution is -2.16. The monoisotopic (exact) mass is 318 g/mol. The number of fused-ring (bicyclic) bond motifs is 1. The average Bonchev–Trinajstić information content (AvgIpc) is 2.91. The maximum Gasteiger partial charge on any atom is 0.412 e. The summed E-state index contributed by atoms with van der Waals surface area (Å²) in [4.78, 5) is 26.9. The molecular weight excluding hydrogens is 300 g/mol. The molecule has 0 saturated heterocycles. The fourth-order valence-electron chi connectivity index (χ4n) is 2.06. The summed E-state index contributed by atoms with van der Waals surface area (Å²) in [6.07, 6.45) is 0.753. The topological polar surface area (TPSA) is 89.6 Å². The molecule has 23 heavy (non-hydrogen) atoms. The van der Waals surface area contributed by atoms with Crippen molar-refractivity contribution in [2.24, 2.45) is 0 Å². The minimum absolute atomic E-state index is 0.0618. The largest absolute Gasteiger partial charge is 0.497 e. The average molecular weight is 318 g/mol. The van der Waals surface area contributed by atoms with E-state index in [0.29, 0.717) is 16.7 Å². The van der Waals surface area contributed by atoms with Crippen LogP contribution in [-0.2, 0) is 9.47 Å². The fraction of sp³-hybridized carbons (Fsp3) is 0.250. The lowest BCUT2D eigenvalue weighted by Gasteiger charge is -2.07. The zero-order chi connectivity index (χ0) is 16.8. The molecule has 0 fully saturated rings. The van der Waals surface area contributed by atoms with Crippen LogP contribution in [0.1, 0.15) is 17.4 Å². The third-order valence-corrected chi connectivity index (χ3v) is 3.04. The molecule has 0 unspecified atom stereocenters. The Labute approximate surface area is 133 Å². The number of aromatic nitrogens is 1. The second kappa shape index (κ2) is 7.35. The highest BCUT2D eigenvalue weighted by Crippen LogP contribution is 2.31. The molecule has 7 nitrogen and oxygen atoms in total. The number of methoxy groups -OCH3 is 1. The maximum atomic E-state index is 12.1. The summed E-state index contributed by atoms with van der Waals surface area (Å²) in [7, 11) is 1.53. The Morgan fingerprint density at radius 2 is 2.13 bits per heavy atom. The van der Waals surface area contributed by atoms with Gasteiger partial charge in [0.15, 0.2) is 0 Å². The minimum Gasteiger partial charge on any atom is -0.497 e. The van der Waals surface area contributed by atoms with Crippen LogP contribution in [0, 0.1) is 0 Å². The molecule has 1 aromatic heterocycles. The number of ether oxygens (including phenoxy) is 3. The van der Waals surface area contributed by atoms with Gasteiger partial charge in [0.25, 0.3) is 0 Å². The first-order chi connectivity index (χ1) is 11.1. The van der Waals surface area contributed by atoms with Gasteiger partial charge in [-0.2, -0.15) is 0 Å². The number of rotatable bonds is 6. The molecule has 2 aromatic rings. The van der Waals surface area contributed by atoms with E-state index in [2.05, 4.69) is 16.9 Å². The Morgan fingerprint density at radius 3 is 2.78 bits per heavy atom. The number of nitrogens with one attached hydrogen (secondary N) is 2. The van der Waals surface area contributed by atoms with E-state index in [1.165, 1.54) is 13.2 Å². The van der Waals surface area contributed by atoms with E-state index in [-0.39, 0.29) is 24.6 Å². The van der Waals surface area contributed by atoms with Crippen molar-refractivity contribution in [3.8, 4) is 5.75 Å². The second-order valence-electron chi connectivity index (χ2n) is 4.52. The van der Waals surface area contributed by atoms with Crippen molar-refractivity contribution < 1.29 is 23.8 Å². The van der Waals surface area contributed by atoms with Gasteiger partial charge in [0.05, 0.1) is 19.4 Å². The molecule has 1 aromatic carbocycles. The lowest BCUT2D eigenvalue weighted by molar-refractivity contribution is 0.0522. The van der Waals surface area contributed by atoms with Crippen LogP contribution in [0.5, 0.6) is 5.75 Å². The van der Waals surface area contributed by atoms with Gasteiger partial charge in [-0.25, -0.2) is 9.59 Å². The van der Waals surface area contributed by atoms with E-state index >= 15 is 0 Å². The van der Waals surface area contributed by atoms with Gasteiger partial charge in [-0.15, -0.1) is 0 Å². The second-order valence-corrected chi connectivity index (χ2v) is 4.52. The maximum absolute atomic E-state index is 12.1. The highest BCUT2D eigenvalue weighted by molar-refractivity contribution is 6.10. The Hall–Kier alpha value is -2.96. The summed E-state index contributed by atoms with van der Waals surface area (Å²) >= 11 is 0. The summed E-state index contributed by atoms with van der Waals surface area (Å²) in [5.74, 6) is 0.0242. The molecule has 7 heteroatoms. The molecule has 0 aliphatic rings. The molecule has 0 bridgehead atoms. The Kier molecular flexibility index (Phi) is 5.24. The van der Waals surface area contributed by atoms with Crippen LogP contribution in [-0.4, -0.2) is 37.4 Å². The number of hydrogen-bond acceptors (Lipinski definition) is 5. The van der Waals surface area contributed by atoms with E-state index in [1.807, 2.05) is 0 Å². The number of esters is 1. The van der Waals surface area contributed by atoms with Gasteiger partial charge >= 0.3 is 12.1 Å². The number of hydrogen-bond donors (Lipinski definition) is 2. The van der Waals surface area contributed by atoms with Crippen LogP contribution >= 0.6 is 0 Å². The number of carbonyl (C=O) groups is 2. The van der Waals surface area contributed by atoms with Crippen molar-refractivity contribution in [3.05, 3.63) is 36.5 Å². The molecule has 122 valence electrons. The number of carbonyl (C=O) groups excluding carboxylic acids is 2. The zero-order valence-electron chi connectivity index (χ0n) is 13.0. The summed E-state index contributed by atoms with van der Waals surface area (Å²) in [5.41, 5.74) is 1.09. The molecule has 0 aliphatic carbocycles. The molecule has 2 rings (SSSR count). The predicted octanol–water partition coefficient (Wildman–Crippen LogP) is 3.09. The smallest absolute Gasteiger partial charge is 0.412 e. The molecule has 2 N–H and O–H groups in total. The predicted molar refractivity (Wildman–Crippen MR) is 86.0 cm³/mol. The van der Waals surface area contributed by atoms with Crippen LogP contribution < -0.4 is 10.1 Å². The highest BCUT2D eigenvalue weighted by Gasteiger charge is 2.21. The first kappa shape index (κ1) is 16.4. The van der Waals surface area contributed by atoms with E-state index < -0.39 is 12.1 Å². The molecular formula is C16H18N2O5. The van der Waals surface area contributed by atoms with Crippen LogP contribution in [0.4, 0.5) is 10.5 Å². The molecule has 1 heterocycles. The third kappa shape index (κ3) is 3.63. The number of H-pyrrole nitrogens is 1. The van der Waals surface area contributed by atoms with Crippen molar-refractivity contribution in [1.82, 2.24) is 4.98 Å². The van der Waals surface area contributed by atoms with Gasteiger partial charge in [0.2, 0.25) is 0 Å². The number of anilines is 1. The van der Waals surface area contributed by atoms with Crippen molar-refractivity contribution in [1.29, 1.82) is 0 Å². The Bertz CT molecular complexity index is 735. The molecule has 0 spiro atoms. The van der Waals surface area contributed by atoms with E-state index in [4.69, 9.17) is 14.2 Å². The number of benzene rings is 1. The van der Waals surface area contributed by atoms with E-state index in [9.17, 15) is 9.59 Å². The van der Waals surface area contributed by atoms with Gasteiger partial charge < -0.3 is 19.2 Å². The van der Waals surface area contributed by atoms with Crippen LogP contribution in [0.3, 0.4) is 0 Å². The SMILES string of the molecule is C=CCOC(=O)Nc1c(C(=O)OCC)[nH]c2ccc(OC)cc12. The molecule has 0 aliphatic heterocycles. The molecule has 0 atom stereocenters. The standard InChI is InChI=1S/C16H18N2O5/c1-4-8-23-16(20)18-13-11-9-10(21-3)6-7-12(11)17-14(13)15(19)22-5-2/h4,6-7,9,17H,1,5,8H2,2-3H3,(H,18,20). The number of amides is 1. The van der Waals surface area contributed by atoms with Gasteiger partial charge in [-0.3, -0.25) is 5.32 Å². The van der Waals surface area contributed by atoms with Crippen molar-refractivity contribution in [3.63, 3.8) is 0 Å². The van der Waals surface area contributed by atoms with Crippen molar-refractivity contribution in [2.45, 2.75) is 6.92 Å². The molecule has 0 saturated carbocycles. The van der Waals surface area contributed by atoms with Gasteiger partial charge in [-0.1, -0.05) is 12.7 Å². The normalized spacial score (nSPS) is 10.2. The zero-order valence-corrected chi connectivity index (χ0v) is 13.0. The number of aromatic amines is 1. The lowest BCUT2D eigenvalue weighted by atomic mass is 10.2. The van der Waals surface area contributed by atoms with E-state index in [1.54, 1.807) is 25.1 Å². The Morgan fingerprint density at radius 1 is 1.35 bits per heavy atom. The van der Waals surface area contributed by atoms with E-state index in [0.717, 1.165) is 0 Å².